The fourth-order valence-corrected chi connectivity index (χ4v) is 2.22. The summed E-state index contributed by atoms with van der Waals surface area (Å²) in [5, 5.41) is 3.34. The molecule has 0 saturated carbocycles. The maximum absolute atomic E-state index is 12.3. The van der Waals surface area contributed by atoms with Gasteiger partial charge in [0.05, 0.1) is 0 Å². The number of hydrogen-bond donors (Lipinski definition) is 1. The molecule has 0 radical (unpaired) electrons. The molecule has 1 aromatic carbocycles. The van der Waals surface area contributed by atoms with E-state index in [1.807, 2.05) is 43.3 Å². The van der Waals surface area contributed by atoms with E-state index >= 15 is 0 Å². The molecule has 5 heteroatoms. The van der Waals surface area contributed by atoms with Gasteiger partial charge in [-0.1, -0.05) is 19.1 Å². The molecule has 0 amide bonds. The van der Waals surface area contributed by atoms with Gasteiger partial charge in [0, 0.05) is 32.2 Å². The van der Waals surface area contributed by atoms with Gasteiger partial charge in [0.15, 0.2) is 0 Å². The summed E-state index contributed by atoms with van der Waals surface area (Å²) < 4.78 is 36.8. The van der Waals surface area contributed by atoms with E-state index in [1.54, 1.807) is 0 Å². The summed E-state index contributed by atoms with van der Waals surface area (Å²) in [4.78, 5) is 2.00. The summed E-state index contributed by atoms with van der Waals surface area (Å²) in [5.41, 5.74) is 2.14. The molecule has 0 aliphatic rings. The highest BCUT2D eigenvalue weighted by atomic mass is 19.4. The standard InChI is InChI=1S/C16H25F3N2/c1-4-12-20-15(6-5-11-16(17,18)19)13-7-9-14(10-8-13)21(2)3/h7-10,15,20H,4-6,11-12H2,1-3H3. The Labute approximate surface area is 125 Å². The van der Waals surface area contributed by atoms with Crippen LogP contribution in [0, 0.1) is 0 Å². The van der Waals surface area contributed by atoms with Gasteiger partial charge < -0.3 is 10.2 Å². The number of benzene rings is 1. The maximum atomic E-state index is 12.3. The predicted molar refractivity (Wildman–Crippen MR) is 81.7 cm³/mol. The molecule has 0 aromatic heterocycles. The molecule has 0 heterocycles. The number of hydrogen-bond acceptors (Lipinski definition) is 2. The van der Waals surface area contributed by atoms with Gasteiger partial charge in [-0.2, -0.15) is 13.2 Å². The number of alkyl halides is 3. The average molecular weight is 302 g/mol. The van der Waals surface area contributed by atoms with Crippen LogP contribution in [0.3, 0.4) is 0 Å². The molecule has 21 heavy (non-hydrogen) atoms. The molecule has 0 aliphatic heterocycles. The highest BCUT2D eigenvalue weighted by Gasteiger charge is 2.26. The molecule has 1 unspecified atom stereocenters. The SMILES string of the molecule is CCCNC(CCCC(F)(F)F)c1ccc(N(C)C)cc1. The first-order chi connectivity index (χ1) is 9.83. The Morgan fingerprint density at radius 2 is 1.76 bits per heavy atom. The van der Waals surface area contributed by atoms with Crippen LogP contribution in [0.5, 0.6) is 0 Å². The van der Waals surface area contributed by atoms with Crippen molar-refractivity contribution < 1.29 is 13.2 Å². The first-order valence-electron chi connectivity index (χ1n) is 7.41. The summed E-state index contributed by atoms with van der Waals surface area (Å²) in [6.45, 7) is 2.86. The molecule has 1 N–H and O–H groups in total. The lowest BCUT2D eigenvalue weighted by atomic mass is 10.00. The molecule has 120 valence electrons. The second-order valence-corrected chi connectivity index (χ2v) is 5.50. The molecule has 1 aromatic rings. The fraction of sp³-hybridized carbons (Fsp3) is 0.625. The van der Waals surface area contributed by atoms with Crippen LogP contribution in [0.15, 0.2) is 24.3 Å². The number of anilines is 1. The van der Waals surface area contributed by atoms with Gasteiger partial charge in [-0.05, 0) is 43.5 Å². The largest absolute Gasteiger partial charge is 0.389 e. The van der Waals surface area contributed by atoms with Gasteiger partial charge >= 0.3 is 6.18 Å². The minimum Gasteiger partial charge on any atom is -0.378 e. The highest BCUT2D eigenvalue weighted by molar-refractivity contribution is 5.46. The Bertz CT molecular complexity index is 399. The van der Waals surface area contributed by atoms with E-state index < -0.39 is 12.6 Å². The zero-order valence-electron chi connectivity index (χ0n) is 13.0. The summed E-state index contributed by atoms with van der Waals surface area (Å²) in [7, 11) is 3.93. The van der Waals surface area contributed by atoms with Crippen LogP contribution in [-0.2, 0) is 0 Å². The van der Waals surface area contributed by atoms with Gasteiger partial charge in [0.25, 0.3) is 0 Å². The van der Waals surface area contributed by atoms with Gasteiger partial charge in [-0.25, -0.2) is 0 Å². The fourth-order valence-electron chi connectivity index (χ4n) is 2.22. The second-order valence-electron chi connectivity index (χ2n) is 5.50. The molecule has 0 aliphatic carbocycles. The first-order valence-corrected chi connectivity index (χ1v) is 7.41. The van der Waals surface area contributed by atoms with Crippen molar-refractivity contribution in [3.8, 4) is 0 Å². The Balaban J connectivity index is 2.67. The molecular weight excluding hydrogens is 277 g/mol. The van der Waals surface area contributed by atoms with Crippen molar-refractivity contribution in [1.29, 1.82) is 0 Å². The summed E-state index contributed by atoms with van der Waals surface area (Å²) in [6, 6.07) is 7.98. The van der Waals surface area contributed by atoms with Crippen molar-refractivity contribution in [1.82, 2.24) is 5.32 Å². The molecular formula is C16H25F3N2. The van der Waals surface area contributed by atoms with Crippen LogP contribution in [0.4, 0.5) is 18.9 Å². The van der Waals surface area contributed by atoms with Crippen molar-refractivity contribution in [3.63, 3.8) is 0 Å². The van der Waals surface area contributed by atoms with Crippen molar-refractivity contribution >= 4 is 5.69 Å². The summed E-state index contributed by atoms with van der Waals surface area (Å²) in [6.07, 6.45) is -3.16. The van der Waals surface area contributed by atoms with E-state index in [4.69, 9.17) is 0 Å². The molecule has 1 rings (SSSR count). The van der Waals surface area contributed by atoms with Crippen molar-refractivity contribution in [2.45, 2.75) is 44.8 Å². The lowest BCUT2D eigenvalue weighted by Crippen LogP contribution is -2.23. The normalized spacial score (nSPS) is 13.2. The Morgan fingerprint density at radius 1 is 1.14 bits per heavy atom. The van der Waals surface area contributed by atoms with Gasteiger partial charge in [0.2, 0.25) is 0 Å². The zero-order chi connectivity index (χ0) is 15.9. The van der Waals surface area contributed by atoms with E-state index in [9.17, 15) is 13.2 Å². The second kappa shape index (κ2) is 8.27. The third-order valence-electron chi connectivity index (χ3n) is 3.41. The third-order valence-corrected chi connectivity index (χ3v) is 3.41. The lowest BCUT2D eigenvalue weighted by Gasteiger charge is -2.21. The summed E-state index contributed by atoms with van der Waals surface area (Å²) >= 11 is 0. The van der Waals surface area contributed by atoms with Crippen LogP contribution >= 0.6 is 0 Å². The molecule has 0 bridgehead atoms. The van der Waals surface area contributed by atoms with Crippen molar-refractivity contribution in [3.05, 3.63) is 29.8 Å². The average Bonchev–Trinajstić information content (AvgIpc) is 2.41. The van der Waals surface area contributed by atoms with Gasteiger partial charge in [0.1, 0.15) is 0 Å². The Kier molecular flexibility index (Phi) is 7.02. The van der Waals surface area contributed by atoms with E-state index in [0.29, 0.717) is 6.42 Å². The Hall–Kier alpha value is -1.23. The van der Waals surface area contributed by atoms with Crippen LogP contribution < -0.4 is 10.2 Å². The number of nitrogens with zero attached hydrogens (tertiary/aromatic N) is 1. The van der Waals surface area contributed by atoms with E-state index in [1.165, 1.54) is 0 Å². The van der Waals surface area contributed by atoms with Crippen LogP contribution in [0.25, 0.3) is 0 Å². The van der Waals surface area contributed by atoms with E-state index in [-0.39, 0.29) is 12.5 Å². The quantitative estimate of drug-likeness (QED) is 0.759. The van der Waals surface area contributed by atoms with Gasteiger partial charge in [-0.3, -0.25) is 0 Å². The van der Waals surface area contributed by atoms with Crippen LogP contribution in [-0.4, -0.2) is 26.8 Å². The number of nitrogens with one attached hydrogen (secondary N) is 1. The molecule has 1 atom stereocenters. The highest BCUT2D eigenvalue weighted by Crippen LogP contribution is 2.27. The smallest absolute Gasteiger partial charge is 0.378 e. The first kappa shape index (κ1) is 17.8. The number of rotatable bonds is 8. The lowest BCUT2D eigenvalue weighted by molar-refractivity contribution is -0.135. The molecule has 0 fully saturated rings. The number of halogens is 3. The summed E-state index contributed by atoms with van der Waals surface area (Å²) in [5.74, 6) is 0. The maximum Gasteiger partial charge on any atom is 0.389 e. The monoisotopic (exact) mass is 302 g/mol. The van der Waals surface area contributed by atoms with Crippen molar-refractivity contribution in [2.24, 2.45) is 0 Å². The van der Waals surface area contributed by atoms with Crippen molar-refractivity contribution in [2.75, 3.05) is 25.5 Å². The predicted octanol–water partition coefficient (Wildman–Crippen LogP) is 4.53. The van der Waals surface area contributed by atoms with Gasteiger partial charge in [-0.15, -0.1) is 0 Å². The molecule has 0 spiro atoms. The van der Waals surface area contributed by atoms with Crippen LogP contribution in [0.1, 0.15) is 44.2 Å². The van der Waals surface area contributed by atoms with E-state index in [2.05, 4.69) is 12.2 Å². The van der Waals surface area contributed by atoms with E-state index in [0.717, 1.165) is 24.2 Å². The third kappa shape index (κ3) is 6.85. The minimum atomic E-state index is -4.07. The minimum absolute atomic E-state index is 0.0106. The molecule has 2 nitrogen and oxygen atoms in total. The zero-order valence-corrected chi connectivity index (χ0v) is 13.0. The Morgan fingerprint density at radius 3 is 2.24 bits per heavy atom. The van der Waals surface area contributed by atoms with Crippen LogP contribution in [0.2, 0.25) is 0 Å². The molecule has 0 saturated heterocycles. The topological polar surface area (TPSA) is 15.3 Å².